The van der Waals surface area contributed by atoms with Crippen LogP contribution in [-0.4, -0.2) is 18.1 Å². The average molecular weight is 303 g/mol. The molecular formula is C16H17NO5. The minimum atomic E-state index is -0.643. The zero-order chi connectivity index (χ0) is 16.3. The molecule has 1 atom stereocenters. The van der Waals surface area contributed by atoms with Crippen LogP contribution in [-0.2, 0) is 4.79 Å². The van der Waals surface area contributed by atoms with E-state index in [1.165, 1.54) is 6.07 Å². The largest absolute Gasteiger partial charge is 0.502 e. The van der Waals surface area contributed by atoms with Crippen molar-refractivity contribution >= 4 is 5.91 Å². The monoisotopic (exact) mass is 303 g/mol. The number of hydrogen-bond donors (Lipinski definition) is 2. The molecule has 0 saturated carbocycles. The number of benzene rings is 1. The number of primary amides is 1. The van der Waals surface area contributed by atoms with Gasteiger partial charge in [0.15, 0.2) is 5.76 Å². The number of aromatic hydroxyl groups is 1. The molecular weight excluding hydrogens is 286 g/mol. The quantitative estimate of drug-likeness (QED) is 0.874. The Balaban J connectivity index is 2.54. The van der Waals surface area contributed by atoms with Gasteiger partial charge in [0, 0.05) is 12.5 Å². The first kappa shape index (κ1) is 15.6. The molecule has 0 saturated heterocycles. The van der Waals surface area contributed by atoms with E-state index in [4.69, 9.17) is 14.9 Å². The van der Waals surface area contributed by atoms with Crippen LogP contribution in [0.3, 0.4) is 0 Å². The third-order valence-electron chi connectivity index (χ3n) is 3.31. The Bertz CT molecular complexity index is 733. The normalized spacial score (nSPS) is 11.9. The first-order chi connectivity index (χ1) is 10.4. The molecule has 1 aromatic carbocycles. The van der Waals surface area contributed by atoms with Crippen LogP contribution in [0.2, 0.25) is 0 Å². The van der Waals surface area contributed by atoms with Crippen LogP contribution in [0, 0.1) is 6.92 Å². The summed E-state index contributed by atoms with van der Waals surface area (Å²) in [5.41, 5.74) is 5.42. The van der Waals surface area contributed by atoms with Crippen molar-refractivity contribution in [2.24, 2.45) is 5.73 Å². The van der Waals surface area contributed by atoms with Gasteiger partial charge in [0.25, 0.3) is 0 Å². The number of nitrogens with two attached hydrogens (primary N) is 1. The second kappa shape index (κ2) is 6.34. The van der Waals surface area contributed by atoms with Gasteiger partial charge in [0.2, 0.25) is 17.1 Å². The highest BCUT2D eigenvalue weighted by Gasteiger charge is 2.24. The summed E-state index contributed by atoms with van der Waals surface area (Å²) in [4.78, 5) is 23.1. The maximum absolute atomic E-state index is 11.7. The van der Waals surface area contributed by atoms with Crippen LogP contribution >= 0.6 is 0 Å². The second-order valence-corrected chi connectivity index (χ2v) is 4.93. The summed E-state index contributed by atoms with van der Waals surface area (Å²) in [6.45, 7) is 1.60. The topological polar surface area (TPSA) is 103 Å². The average Bonchev–Trinajstić information content (AvgIpc) is 2.48. The van der Waals surface area contributed by atoms with Crippen LogP contribution in [0.5, 0.6) is 11.5 Å². The van der Waals surface area contributed by atoms with Crippen molar-refractivity contribution < 1.29 is 19.1 Å². The lowest BCUT2D eigenvalue weighted by atomic mass is 9.92. The molecule has 1 heterocycles. The van der Waals surface area contributed by atoms with Crippen LogP contribution in [0.15, 0.2) is 39.5 Å². The minimum Gasteiger partial charge on any atom is -0.502 e. The first-order valence-corrected chi connectivity index (χ1v) is 6.68. The molecule has 0 aliphatic heterocycles. The molecule has 0 unspecified atom stereocenters. The van der Waals surface area contributed by atoms with Crippen molar-refractivity contribution in [2.45, 2.75) is 19.3 Å². The van der Waals surface area contributed by atoms with E-state index in [0.717, 1.165) is 0 Å². The van der Waals surface area contributed by atoms with E-state index in [9.17, 15) is 14.7 Å². The molecule has 22 heavy (non-hydrogen) atoms. The number of amides is 1. The van der Waals surface area contributed by atoms with E-state index < -0.39 is 23.0 Å². The van der Waals surface area contributed by atoms with Crippen LogP contribution in [0.1, 0.15) is 29.4 Å². The summed E-state index contributed by atoms with van der Waals surface area (Å²) < 4.78 is 10.6. The highest BCUT2D eigenvalue weighted by Crippen LogP contribution is 2.33. The van der Waals surface area contributed by atoms with Gasteiger partial charge in [0.05, 0.1) is 13.0 Å². The standard InChI is InChI=1S/C16H17NO5/c1-9-7-13(18)15(20)16(22-9)12(8-14(17)19)10-3-5-11(21-2)6-4-10/h3-7,12,20H,8H2,1-2H3,(H2,17,19)/t12-/m1/s1. The van der Waals surface area contributed by atoms with E-state index in [1.54, 1.807) is 38.3 Å². The Morgan fingerprint density at radius 1 is 1.36 bits per heavy atom. The summed E-state index contributed by atoms with van der Waals surface area (Å²) in [7, 11) is 1.54. The van der Waals surface area contributed by atoms with Crippen molar-refractivity contribution in [2.75, 3.05) is 7.11 Å². The van der Waals surface area contributed by atoms with E-state index in [1.807, 2.05) is 0 Å². The van der Waals surface area contributed by atoms with Crippen molar-refractivity contribution in [3.63, 3.8) is 0 Å². The number of methoxy groups -OCH3 is 1. The molecule has 0 fully saturated rings. The van der Waals surface area contributed by atoms with Gasteiger partial charge >= 0.3 is 0 Å². The van der Waals surface area contributed by atoms with Gasteiger partial charge in [-0.25, -0.2) is 0 Å². The summed E-state index contributed by atoms with van der Waals surface area (Å²) >= 11 is 0. The SMILES string of the molecule is COc1ccc([C@@H](CC(N)=O)c2oc(C)cc(=O)c2O)cc1. The van der Waals surface area contributed by atoms with Crippen molar-refractivity contribution in [1.29, 1.82) is 0 Å². The van der Waals surface area contributed by atoms with Gasteiger partial charge in [-0.15, -0.1) is 0 Å². The molecule has 116 valence electrons. The molecule has 2 rings (SSSR count). The van der Waals surface area contributed by atoms with Gasteiger partial charge in [-0.2, -0.15) is 0 Å². The number of rotatable bonds is 5. The van der Waals surface area contributed by atoms with Gasteiger partial charge in [-0.3, -0.25) is 9.59 Å². The maximum Gasteiger partial charge on any atom is 0.227 e. The molecule has 2 aromatic rings. The molecule has 0 radical (unpaired) electrons. The highest BCUT2D eigenvalue weighted by molar-refractivity contribution is 5.75. The molecule has 0 aliphatic carbocycles. The number of aryl methyl sites for hydroxylation is 1. The van der Waals surface area contributed by atoms with E-state index in [0.29, 0.717) is 17.1 Å². The lowest BCUT2D eigenvalue weighted by Crippen LogP contribution is -2.17. The fourth-order valence-corrected chi connectivity index (χ4v) is 2.26. The molecule has 6 heteroatoms. The lowest BCUT2D eigenvalue weighted by Gasteiger charge is -2.16. The fourth-order valence-electron chi connectivity index (χ4n) is 2.26. The van der Waals surface area contributed by atoms with Crippen LogP contribution < -0.4 is 15.9 Å². The summed E-state index contributed by atoms with van der Waals surface area (Å²) in [5.74, 6) is -0.681. The zero-order valence-electron chi connectivity index (χ0n) is 12.3. The van der Waals surface area contributed by atoms with Crippen molar-refractivity contribution in [3.8, 4) is 11.5 Å². The van der Waals surface area contributed by atoms with Gasteiger partial charge < -0.3 is 20.0 Å². The lowest BCUT2D eigenvalue weighted by molar-refractivity contribution is -0.118. The van der Waals surface area contributed by atoms with Crippen LogP contribution in [0.25, 0.3) is 0 Å². The smallest absolute Gasteiger partial charge is 0.227 e. The molecule has 3 N–H and O–H groups in total. The Hall–Kier alpha value is -2.76. The van der Waals surface area contributed by atoms with E-state index >= 15 is 0 Å². The predicted molar refractivity (Wildman–Crippen MR) is 80.0 cm³/mol. The first-order valence-electron chi connectivity index (χ1n) is 6.68. The Labute approximate surface area is 127 Å². The van der Waals surface area contributed by atoms with Crippen LogP contribution in [0.4, 0.5) is 0 Å². The van der Waals surface area contributed by atoms with E-state index in [-0.39, 0.29) is 12.2 Å². The number of hydrogen-bond acceptors (Lipinski definition) is 5. The zero-order valence-corrected chi connectivity index (χ0v) is 12.3. The highest BCUT2D eigenvalue weighted by atomic mass is 16.5. The van der Waals surface area contributed by atoms with E-state index in [2.05, 4.69) is 0 Å². The summed E-state index contributed by atoms with van der Waals surface area (Å²) in [5, 5.41) is 9.98. The molecule has 0 spiro atoms. The minimum absolute atomic E-state index is 0.0361. The van der Waals surface area contributed by atoms with Gasteiger partial charge in [-0.1, -0.05) is 12.1 Å². The Morgan fingerprint density at radius 3 is 2.55 bits per heavy atom. The maximum atomic E-state index is 11.7. The molecule has 0 aliphatic rings. The summed E-state index contributed by atoms with van der Waals surface area (Å²) in [6, 6.07) is 8.08. The van der Waals surface area contributed by atoms with Crippen molar-refractivity contribution in [3.05, 3.63) is 57.6 Å². The second-order valence-electron chi connectivity index (χ2n) is 4.93. The third-order valence-corrected chi connectivity index (χ3v) is 3.31. The van der Waals surface area contributed by atoms with Crippen molar-refractivity contribution in [1.82, 2.24) is 0 Å². The number of carbonyl (C=O) groups is 1. The molecule has 6 nitrogen and oxygen atoms in total. The third kappa shape index (κ3) is 3.28. The molecule has 0 bridgehead atoms. The number of carbonyl (C=O) groups excluding carboxylic acids is 1. The predicted octanol–water partition coefficient (Wildman–Crippen LogP) is 1.67. The molecule has 1 amide bonds. The Kier molecular flexibility index (Phi) is 4.50. The fraction of sp³-hybridized carbons (Fsp3) is 0.250. The van der Waals surface area contributed by atoms with Gasteiger partial charge in [0.1, 0.15) is 11.5 Å². The van der Waals surface area contributed by atoms with Gasteiger partial charge in [-0.05, 0) is 24.6 Å². The number of ether oxygens (including phenoxy) is 1. The molecule has 1 aromatic heterocycles. The summed E-state index contributed by atoms with van der Waals surface area (Å²) in [6.07, 6.45) is -0.0910. The Morgan fingerprint density at radius 2 is 2.00 bits per heavy atom.